The molecule has 5 rings (SSSR count). The van der Waals surface area contributed by atoms with Crippen molar-refractivity contribution in [1.82, 2.24) is 19.6 Å². The van der Waals surface area contributed by atoms with E-state index in [2.05, 4.69) is 25.0 Å². The fraction of sp³-hybridized carbons (Fsp3) is 0.306. The largest absolute Gasteiger partial charge is 0.480 e. The van der Waals surface area contributed by atoms with Gasteiger partial charge in [0.2, 0.25) is 15.9 Å². The Balaban J connectivity index is 1.35. The number of aromatic amines is 1. The lowest BCUT2D eigenvalue weighted by atomic mass is 9.92. The minimum Gasteiger partial charge on any atom is -0.480 e. The summed E-state index contributed by atoms with van der Waals surface area (Å²) in [6, 6.07) is 16.3. The molecule has 49 heavy (non-hydrogen) atoms. The highest BCUT2D eigenvalue weighted by Gasteiger charge is 2.37. The number of carbonyl (C=O) groups excluding carboxylic acids is 2. The number of Topliss-reactive ketones (excluding diaryl/α,β-unsaturated/α-hetero) is 1. The normalized spacial score (nSPS) is 14.7. The molecule has 0 aliphatic carbocycles. The van der Waals surface area contributed by atoms with Crippen LogP contribution in [-0.2, 0) is 32.5 Å². The Bertz CT molecular complexity index is 1980. The average Bonchev–Trinajstić information content (AvgIpc) is 3.46. The molecule has 1 aromatic heterocycles. The Labute approximate surface area is 285 Å². The highest BCUT2D eigenvalue weighted by atomic mass is 32.2. The van der Waals surface area contributed by atoms with Crippen LogP contribution in [0.25, 0.3) is 0 Å². The molecule has 13 heteroatoms. The number of carbonyl (C=O) groups is 3. The number of aliphatic carboxylic acids is 1. The van der Waals surface area contributed by atoms with Gasteiger partial charge in [-0.05, 0) is 74.9 Å². The van der Waals surface area contributed by atoms with Crippen molar-refractivity contribution in [1.29, 1.82) is 0 Å². The third-order valence-electron chi connectivity index (χ3n) is 8.34. The van der Waals surface area contributed by atoms with E-state index in [1.165, 1.54) is 11.1 Å². The van der Waals surface area contributed by atoms with Crippen LogP contribution in [0.15, 0.2) is 76.7 Å². The van der Waals surface area contributed by atoms with E-state index in [9.17, 15) is 27.9 Å². The molecule has 12 nitrogen and oxygen atoms in total. The number of rotatable bonds is 14. The van der Waals surface area contributed by atoms with Crippen LogP contribution in [0, 0.1) is 33.6 Å². The first-order chi connectivity index (χ1) is 23.3. The van der Waals surface area contributed by atoms with Gasteiger partial charge in [0.05, 0.1) is 10.6 Å². The van der Waals surface area contributed by atoms with Crippen molar-refractivity contribution in [3.63, 3.8) is 0 Å². The summed E-state index contributed by atoms with van der Waals surface area (Å²) in [6.45, 7) is 7.18. The molecular weight excluding hydrogens is 644 g/mol. The van der Waals surface area contributed by atoms with Crippen LogP contribution in [-0.4, -0.2) is 77.9 Å². The number of hydrogen-bond donors (Lipinski definition) is 4. The molecule has 0 fully saturated rings. The van der Waals surface area contributed by atoms with Gasteiger partial charge in [0.1, 0.15) is 12.0 Å². The van der Waals surface area contributed by atoms with E-state index in [0.717, 1.165) is 22.4 Å². The maximum atomic E-state index is 14.1. The summed E-state index contributed by atoms with van der Waals surface area (Å²) in [5, 5.41) is 13.4. The first kappa shape index (κ1) is 35.2. The van der Waals surface area contributed by atoms with Crippen molar-refractivity contribution >= 4 is 45.5 Å². The second-order valence-corrected chi connectivity index (χ2v) is 14.0. The van der Waals surface area contributed by atoms with Crippen LogP contribution in [0.5, 0.6) is 0 Å². The van der Waals surface area contributed by atoms with Crippen LogP contribution >= 0.6 is 0 Å². The molecule has 0 saturated heterocycles. The number of imidazole rings is 1. The molecule has 1 aliphatic rings. The van der Waals surface area contributed by atoms with Crippen molar-refractivity contribution < 1.29 is 27.9 Å². The fourth-order valence-corrected chi connectivity index (χ4v) is 7.69. The standard InChI is InChI=1S/C36H40N6O6S/c1-22-16-23(2)33(24(3)17-22)49(47,48)41-31(35(45)46)21-42(15-13-26-8-6-5-7-9-26)34(44)29-20-38-30-18-27(10-11-28(30)32(29)43)12-14-37-36-39-19-25(4)40-36/h5-11,16-20,29,31,41H,12-15,21H2,1-4H3,(H,45,46)(H2,37,39,40). The number of H-pyrrole nitrogens is 1. The number of nitrogens with zero attached hydrogens (tertiary/aromatic N) is 3. The predicted octanol–water partition coefficient (Wildman–Crippen LogP) is 4.32. The van der Waals surface area contributed by atoms with E-state index in [-0.39, 0.29) is 17.0 Å². The van der Waals surface area contributed by atoms with Gasteiger partial charge in [-0.2, -0.15) is 4.72 Å². The number of aliphatic imine (C=N–C) groups is 1. The van der Waals surface area contributed by atoms with Crippen molar-refractivity contribution in [3.8, 4) is 0 Å². The number of benzene rings is 3. The zero-order chi connectivity index (χ0) is 35.3. The zero-order valence-electron chi connectivity index (χ0n) is 27.9. The monoisotopic (exact) mass is 684 g/mol. The van der Waals surface area contributed by atoms with E-state index in [4.69, 9.17) is 0 Å². The number of aromatic nitrogens is 2. The lowest BCUT2D eigenvalue weighted by Crippen LogP contribution is -2.52. The van der Waals surface area contributed by atoms with Crippen molar-refractivity contribution in [2.75, 3.05) is 25.0 Å². The minimum absolute atomic E-state index is 0.0103. The van der Waals surface area contributed by atoms with Crippen molar-refractivity contribution in [3.05, 3.63) is 106 Å². The van der Waals surface area contributed by atoms with Gasteiger partial charge in [-0.1, -0.05) is 54.1 Å². The van der Waals surface area contributed by atoms with E-state index in [1.807, 2.05) is 50.2 Å². The summed E-state index contributed by atoms with van der Waals surface area (Å²) in [4.78, 5) is 53.3. The maximum Gasteiger partial charge on any atom is 0.323 e. The van der Waals surface area contributed by atoms with Gasteiger partial charge in [-0.15, -0.1) is 0 Å². The number of sulfonamides is 1. The molecule has 0 bridgehead atoms. The highest BCUT2D eigenvalue weighted by molar-refractivity contribution is 7.89. The number of ketones is 1. The topological polar surface area (TPSA) is 174 Å². The molecule has 4 N–H and O–H groups in total. The first-order valence-electron chi connectivity index (χ1n) is 15.9. The number of nitrogens with one attached hydrogen (secondary N) is 3. The number of aryl methyl sites for hydroxylation is 4. The minimum atomic E-state index is -4.29. The quantitative estimate of drug-likeness (QED) is 0.142. The second-order valence-electron chi connectivity index (χ2n) is 12.3. The average molecular weight is 685 g/mol. The number of fused-ring (bicyclic) bond motifs is 1. The van der Waals surface area contributed by atoms with Crippen LogP contribution < -0.4 is 10.0 Å². The van der Waals surface area contributed by atoms with Crippen LogP contribution in [0.2, 0.25) is 0 Å². The lowest BCUT2D eigenvalue weighted by Gasteiger charge is -2.29. The molecule has 0 radical (unpaired) electrons. The van der Waals surface area contributed by atoms with E-state index in [0.29, 0.717) is 42.1 Å². The summed E-state index contributed by atoms with van der Waals surface area (Å²) in [6.07, 6.45) is 4.01. The number of amides is 1. The molecule has 2 unspecified atom stereocenters. The Morgan fingerprint density at radius 3 is 2.35 bits per heavy atom. The molecule has 1 amide bonds. The highest BCUT2D eigenvalue weighted by Crippen LogP contribution is 2.29. The fourth-order valence-electron chi connectivity index (χ4n) is 6.06. The third-order valence-corrected chi connectivity index (χ3v) is 10.1. The van der Waals surface area contributed by atoms with Gasteiger partial charge in [-0.25, -0.2) is 13.4 Å². The van der Waals surface area contributed by atoms with Crippen LogP contribution in [0.1, 0.15) is 43.9 Å². The molecular formula is C36H40N6O6S. The summed E-state index contributed by atoms with van der Waals surface area (Å²) >= 11 is 0. The molecule has 256 valence electrons. The van der Waals surface area contributed by atoms with E-state index in [1.54, 1.807) is 44.3 Å². The second kappa shape index (κ2) is 15.0. The molecule has 4 aromatic rings. The van der Waals surface area contributed by atoms with Gasteiger partial charge in [0.15, 0.2) is 11.7 Å². The van der Waals surface area contributed by atoms with Gasteiger partial charge in [-0.3, -0.25) is 19.4 Å². The number of anilines is 1. The molecule has 0 spiro atoms. The Morgan fingerprint density at radius 1 is 0.980 bits per heavy atom. The zero-order valence-corrected chi connectivity index (χ0v) is 28.7. The number of carboxylic acids is 1. The first-order valence-corrected chi connectivity index (χ1v) is 17.4. The predicted molar refractivity (Wildman–Crippen MR) is 187 cm³/mol. The van der Waals surface area contributed by atoms with E-state index < -0.39 is 46.2 Å². The third kappa shape index (κ3) is 8.48. The Morgan fingerprint density at radius 2 is 1.69 bits per heavy atom. The molecule has 2 atom stereocenters. The van der Waals surface area contributed by atoms with Crippen LogP contribution in [0.3, 0.4) is 0 Å². The van der Waals surface area contributed by atoms with Crippen molar-refractivity contribution in [2.24, 2.45) is 10.9 Å². The van der Waals surface area contributed by atoms with Gasteiger partial charge in [0.25, 0.3) is 0 Å². The molecule has 0 saturated carbocycles. The summed E-state index contributed by atoms with van der Waals surface area (Å²) < 4.78 is 29.4. The molecule has 3 aromatic carbocycles. The number of carboxylic acid groups (broad SMARTS) is 1. The van der Waals surface area contributed by atoms with Gasteiger partial charge < -0.3 is 20.3 Å². The summed E-state index contributed by atoms with van der Waals surface area (Å²) in [5.74, 6) is -3.22. The maximum absolute atomic E-state index is 14.1. The van der Waals surface area contributed by atoms with Crippen molar-refractivity contribution in [2.45, 2.75) is 51.5 Å². The smallest absolute Gasteiger partial charge is 0.323 e. The van der Waals surface area contributed by atoms with E-state index >= 15 is 0 Å². The van der Waals surface area contributed by atoms with Gasteiger partial charge >= 0.3 is 5.97 Å². The summed E-state index contributed by atoms with van der Waals surface area (Å²) in [5.41, 5.74) is 5.30. The molecule has 1 aliphatic heterocycles. The molecule has 2 heterocycles. The summed E-state index contributed by atoms with van der Waals surface area (Å²) in [7, 11) is -4.29. The van der Waals surface area contributed by atoms with Gasteiger partial charge in [0, 0.05) is 43.3 Å². The SMILES string of the molecule is Cc1cc(C)c(S(=O)(=O)NC(CN(CCc2ccccc2)C(=O)C2C=Nc3cc(CCNc4ncc(C)[nH]4)ccc3C2=O)C(=O)O)c(C)c1. The Kier molecular flexibility index (Phi) is 10.7. The lowest BCUT2D eigenvalue weighted by molar-refractivity contribution is -0.140. The van der Waals surface area contributed by atoms with Crippen LogP contribution in [0.4, 0.5) is 11.6 Å². The number of hydrogen-bond acceptors (Lipinski definition) is 8. The Hall–Kier alpha value is -5.14.